The van der Waals surface area contributed by atoms with Gasteiger partial charge in [0.05, 0.1) is 5.69 Å². The van der Waals surface area contributed by atoms with Crippen molar-refractivity contribution in [1.29, 1.82) is 0 Å². The highest BCUT2D eigenvalue weighted by Crippen LogP contribution is 2.32. The van der Waals surface area contributed by atoms with E-state index in [0.29, 0.717) is 12.0 Å². The Morgan fingerprint density at radius 1 is 1.47 bits per heavy atom. The van der Waals surface area contributed by atoms with Gasteiger partial charge < -0.3 is 10.6 Å². The zero-order valence-corrected chi connectivity index (χ0v) is 11.7. The van der Waals surface area contributed by atoms with Gasteiger partial charge in [-0.1, -0.05) is 12.8 Å². The summed E-state index contributed by atoms with van der Waals surface area (Å²) in [5.41, 5.74) is 7.05. The van der Waals surface area contributed by atoms with Crippen molar-refractivity contribution in [2.75, 3.05) is 18.0 Å². The first-order chi connectivity index (χ1) is 8.26. The van der Waals surface area contributed by atoms with Crippen molar-refractivity contribution < 1.29 is 0 Å². The fourth-order valence-corrected chi connectivity index (χ4v) is 3.78. The Balaban J connectivity index is 2.16. The van der Waals surface area contributed by atoms with Gasteiger partial charge in [0.25, 0.3) is 0 Å². The van der Waals surface area contributed by atoms with Gasteiger partial charge in [-0.3, -0.25) is 0 Å². The second kappa shape index (κ2) is 5.83. The standard InChI is InChI=1S/C13H23N3S/c1-3-16(13-15-10(2)9-17-13)12-7-5-4-6-11(12)8-14/h9,11-12H,3-8,14H2,1-2H3. The van der Waals surface area contributed by atoms with E-state index in [0.717, 1.165) is 18.8 Å². The summed E-state index contributed by atoms with van der Waals surface area (Å²) in [4.78, 5) is 7.10. The number of anilines is 1. The van der Waals surface area contributed by atoms with Gasteiger partial charge in [-0.2, -0.15) is 0 Å². The predicted molar refractivity (Wildman–Crippen MR) is 74.7 cm³/mol. The van der Waals surface area contributed by atoms with Crippen LogP contribution in [0.5, 0.6) is 0 Å². The van der Waals surface area contributed by atoms with Crippen molar-refractivity contribution in [3.05, 3.63) is 11.1 Å². The first kappa shape index (κ1) is 12.8. The van der Waals surface area contributed by atoms with Crippen molar-refractivity contribution in [2.45, 2.75) is 45.6 Å². The SMILES string of the molecule is CCN(c1nc(C)cs1)C1CCCCC1CN. The van der Waals surface area contributed by atoms with Crippen LogP contribution >= 0.6 is 11.3 Å². The number of hydrogen-bond acceptors (Lipinski definition) is 4. The van der Waals surface area contributed by atoms with Gasteiger partial charge in [-0.15, -0.1) is 11.3 Å². The molecule has 2 atom stereocenters. The van der Waals surface area contributed by atoms with Gasteiger partial charge in [-0.25, -0.2) is 4.98 Å². The third kappa shape index (κ3) is 2.80. The number of aromatic nitrogens is 1. The summed E-state index contributed by atoms with van der Waals surface area (Å²) in [6, 6.07) is 0.601. The molecule has 0 saturated heterocycles. The molecule has 96 valence electrons. The molecule has 0 bridgehead atoms. The van der Waals surface area contributed by atoms with E-state index in [-0.39, 0.29) is 0 Å². The fourth-order valence-electron chi connectivity index (χ4n) is 2.86. The molecule has 1 aromatic heterocycles. The van der Waals surface area contributed by atoms with Crippen molar-refractivity contribution in [2.24, 2.45) is 11.7 Å². The Morgan fingerprint density at radius 3 is 2.82 bits per heavy atom. The molecular formula is C13H23N3S. The highest BCUT2D eigenvalue weighted by molar-refractivity contribution is 7.13. The Kier molecular flexibility index (Phi) is 4.40. The molecule has 0 radical (unpaired) electrons. The summed E-state index contributed by atoms with van der Waals surface area (Å²) in [6.45, 7) is 6.13. The molecule has 1 saturated carbocycles. The van der Waals surface area contributed by atoms with E-state index in [1.54, 1.807) is 11.3 Å². The largest absolute Gasteiger partial charge is 0.345 e. The van der Waals surface area contributed by atoms with Gasteiger partial charge >= 0.3 is 0 Å². The van der Waals surface area contributed by atoms with Gasteiger partial charge in [0.2, 0.25) is 0 Å². The number of rotatable bonds is 4. The molecule has 0 aliphatic heterocycles. The quantitative estimate of drug-likeness (QED) is 0.897. The van der Waals surface area contributed by atoms with Gasteiger partial charge in [0, 0.05) is 18.0 Å². The van der Waals surface area contributed by atoms with Gasteiger partial charge in [0.1, 0.15) is 0 Å². The summed E-state index contributed by atoms with van der Waals surface area (Å²) in [5.74, 6) is 0.646. The number of nitrogens with two attached hydrogens (primary N) is 1. The lowest BCUT2D eigenvalue weighted by Gasteiger charge is -2.39. The average molecular weight is 253 g/mol. The lowest BCUT2D eigenvalue weighted by molar-refractivity contribution is 0.300. The molecule has 2 rings (SSSR count). The maximum absolute atomic E-state index is 5.93. The van der Waals surface area contributed by atoms with Crippen molar-refractivity contribution >= 4 is 16.5 Å². The van der Waals surface area contributed by atoms with E-state index in [1.807, 2.05) is 0 Å². The maximum Gasteiger partial charge on any atom is 0.185 e. The van der Waals surface area contributed by atoms with Crippen molar-refractivity contribution in [3.63, 3.8) is 0 Å². The summed E-state index contributed by atoms with van der Waals surface area (Å²) < 4.78 is 0. The second-order valence-corrected chi connectivity index (χ2v) is 5.74. The molecule has 2 unspecified atom stereocenters. The number of nitrogens with zero attached hydrogens (tertiary/aromatic N) is 2. The molecule has 1 heterocycles. The van der Waals surface area contributed by atoms with Crippen molar-refractivity contribution in [1.82, 2.24) is 4.98 Å². The summed E-state index contributed by atoms with van der Waals surface area (Å²) >= 11 is 1.76. The number of hydrogen-bond donors (Lipinski definition) is 1. The van der Waals surface area contributed by atoms with Crippen LogP contribution in [0.2, 0.25) is 0 Å². The third-order valence-corrected chi connectivity index (χ3v) is 4.76. The topological polar surface area (TPSA) is 42.2 Å². The van der Waals surface area contributed by atoms with Crippen molar-refractivity contribution in [3.8, 4) is 0 Å². The van der Waals surface area contributed by atoms with Crippen LogP contribution in [0.1, 0.15) is 38.3 Å². The van der Waals surface area contributed by atoms with Crippen LogP contribution in [-0.2, 0) is 0 Å². The molecule has 0 spiro atoms. The van der Waals surface area contributed by atoms with E-state index < -0.39 is 0 Å². The lowest BCUT2D eigenvalue weighted by Crippen LogP contribution is -2.45. The molecule has 17 heavy (non-hydrogen) atoms. The Labute approximate surface area is 108 Å². The average Bonchev–Trinajstić information content (AvgIpc) is 2.77. The molecule has 4 heteroatoms. The van der Waals surface area contributed by atoms with E-state index >= 15 is 0 Å². The first-order valence-corrected chi connectivity index (χ1v) is 7.53. The van der Waals surface area contributed by atoms with Crippen LogP contribution in [0, 0.1) is 12.8 Å². The van der Waals surface area contributed by atoms with Crippen LogP contribution in [0.15, 0.2) is 5.38 Å². The molecule has 1 aliphatic rings. The molecular weight excluding hydrogens is 230 g/mol. The minimum Gasteiger partial charge on any atom is -0.345 e. The van der Waals surface area contributed by atoms with Crippen LogP contribution in [0.4, 0.5) is 5.13 Å². The van der Waals surface area contributed by atoms with E-state index in [9.17, 15) is 0 Å². The predicted octanol–water partition coefficient (Wildman–Crippen LogP) is 2.80. The highest BCUT2D eigenvalue weighted by atomic mass is 32.1. The molecule has 0 aromatic carbocycles. The summed E-state index contributed by atoms with van der Waals surface area (Å²) in [6.07, 6.45) is 5.23. The molecule has 0 amide bonds. The Morgan fingerprint density at radius 2 is 2.24 bits per heavy atom. The monoisotopic (exact) mass is 253 g/mol. The Hall–Kier alpha value is -0.610. The smallest absolute Gasteiger partial charge is 0.185 e. The van der Waals surface area contributed by atoms with Crippen LogP contribution in [0.3, 0.4) is 0 Å². The minimum absolute atomic E-state index is 0.601. The van der Waals surface area contributed by atoms with Crippen LogP contribution < -0.4 is 10.6 Å². The summed E-state index contributed by atoms with van der Waals surface area (Å²) in [7, 11) is 0. The maximum atomic E-state index is 5.93. The fraction of sp³-hybridized carbons (Fsp3) is 0.769. The van der Waals surface area contributed by atoms with E-state index in [4.69, 9.17) is 5.73 Å². The molecule has 1 aromatic rings. The first-order valence-electron chi connectivity index (χ1n) is 6.65. The normalized spacial score (nSPS) is 24.9. The van der Waals surface area contributed by atoms with E-state index in [2.05, 4.69) is 29.1 Å². The van der Waals surface area contributed by atoms with Gasteiger partial charge in [-0.05, 0) is 39.2 Å². The summed E-state index contributed by atoms with van der Waals surface area (Å²) in [5, 5.41) is 3.31. The number of aryl methyl sites for hydroxylation is 1. The highest BCUT2D eigenvalue weighted by Gasteiger charge is 2.29. The van der Waals surface area contributed by atoms with Crippen LogP contribution in [-0.4, -0.2) is 24.1 Å². The lowest BCUT2D eigenvalue weighted by atomic mass is 9.83. The Bertz CT molecular complexity index is 350. The molecule has 3 nitrogen and oxygen atoms in total. The van der Waals surface area contributed by atoms with Gasteiger partial charge in [0.15, 0.2) is 5.13 Å². The zero-order chi connectivity index (χ0) is 12.3. The number of thiazole rings is 1. The minimum atomic E-state index is 0.601. The third-order valence-electron chi connectivity index (χ3n) is 3.77. The molecule has 1 fully saturated rings. The van der Waals surface area contributed by atoms with E-state index in [1.165, 1.54) is 30.8 Å². The molecule has 1 aliphatic carbocycles. The molecule has 2 N–H and O–H groups in total. The van der Waals surface area contributed by atoms with Crippen LogP contribution in [0.25, 0.3) is 0 Å². The zero-order valence-electron chi connectivity index (χ0n) is 10.9. The second-order valence-electron chi connectivity index (χ2n) is 4.91.